The first-order chi connectivity index (χ1) is 20.1. The molecule has 0 aromatic carbocycles. The van der Waals surface area contributed by atoms with E-state index in [9.17, 15) is 10.2 Å². The van der Waals surface area contributed by atoms with E-state index in [1.54, 1.807) is 0 Å². The van der Waals surface area contributed by atoms with Crippen LogP contribution in [0.15, 0.2) is 0 Å². The van der Waals surface area contributed by atoms with Crippen molar-refractivity contribution in [3.8, 4) is 0 Å². The van der Waals surface area contributed by atoms with Gasteiger partial charge in [0.15, 0.2) is 6.29 Å². The number of rotatable bonds is 35. The number of aliphatic hydroxyl groups excluding tert-OH is 1. The van der Waals surface area contributed by atoms with Crippen LogP contribution in [0.5, 0.6) is 0 Å². The van der Waals surface area contributed by atoms with Crippen LogP contribution in [0, 0.1) is 0 Å². The minimum absolute atomic E-state index is 0.738. The predicted octanol–water partition coefficient (Wildman–Crippen LogP) is 12.3. The third kappa shape index (κ3) is 29.7. The average Bonchev–Trinajstić information content (AvgIpc) is 2.96. The van der Waals surface area contributed by atoms with Crippen molar-refractivity contribution in [3.63, 3.8) is 0 Å². The number of aliphatic hydroxyl groups is 2. The first-order valence-electron chi connectivity index (χ1n) is 19.2. The van der Waals surface area contributed by atoms with Gasteiger partial charge in [-0.1, -0.05) is 219 Å². The summed E-state index contributed by atoms with van der Waals surface area (Å²) >= 11 is 0. The summed E-state index contributed by atoms with van der Waals surface area (Å²) in [4.78, 5) is 0. The monoisotopic (exact) mass is 582 g/mol. The van der Waals surface area contributed by atoms with Gasteiger partial charge in [0.05, 0.1) is 5.54 Å². The zero-order valence-electron chi connectivity index (χ0n) is 28.6. The van der Waals surface area contributed by atoms with Crippen molar-refractivity contribution in [1.82, 2.24) is 0 Å². The van der Waals surface area contributed by atoms with Crippen LogP contribution in [0.2, 0.25) is 0 Å². The smallest absolute Gasteiger partial charge is 0.169 e. The van der Waals surface area contributed by atoms with Crippen LogP contribution < -0.4 is 5.73 Å². The Hall–Kier alpha value is -0.120. The molecule has 0 unspecified atom stereocenters. The van der Waals surface area contributed by atoms with Crippen LogP contribution in [-0.4, -0.2) is 22.0 Å². The van der Waals surface area contributed by atoms with Crippen molar-refractivity contribution in [1.29, 1.82) is 0 Å². The molecule has 0 spiro atoms. The SMILES string of the molecule is CCCCCCCCCCCCCCCCCCC(N)(CCCCCCCCCCCCCCCCCC)C(O)O. The second-order valence-electron chi connectivity index (χ2n) is 13.7. The highest BCUT2D eigenvalue weighted by Crippen LogP contribution is 2.24. The molecule has 0 radical (unpaired) electrons. The molecule has 0 saturated heterocycles. The van der Waals surface area contributed by atoms with Gasteiger partial charge in [-0.15, -0.1) is 0 Å². The first kappa shape index (κ1) is 40.9. The Labute approximate surface area is 259 Å². The van der Waals surface area contributed by atoms with Crippen molar-refractivity contribution in [3.05, 3.63) is 0 Å². The molecule has 0 aromatic rings. The molecule has 0 atom stereocenters. The summed E-state index contributed by atoms with van der Waals surface area (Å²) in [5, 5.41) is 19.9. The van der Waals surface area contributed by atoms with Crippen molar-refractivity contribution in [2.45, 2.75) is 244 Å². The van der Waals surface area contributed by atoms with Crippen molar-refractivity contribution in [2.75, 3.05) is 0 Å². The number of hydrogen-bond donors (Lipinski definition) is 3. The van der Waals surface area contributed by atoms with Gasteiger partial charge in [0, 0.05) is 0 Å². The molecular weight excluding hydrogens is 502 g/mol. The quantitative estimate of drug-likeness (QED) is 0.0515. The lowest BCUT2D eigenvalue weighted by Gasteiger charge is -2.31. The molecule has 3 heteroatoms. The third-order valence-electron chi connectivity index (χ3n) is 9.51. The zero-order chi connectivity index (χ0) is 30.1. The highest BCUT2D eigenvalue weighted by molar-refractivity contribution is 4.86. The fourth-order valence-electron chi connectivity index (χ4n) is 6.39. The Morgan fingerprint density at radius 2 is 0.512 bits per heavy atom. The standard InChI is InChI=1S/C38H79NO2/c1-3-5-7-9-11-13-15-17-19-21-23-25-27-29-31-33-35-38(39,37(40)41)36-34-32-30-28-26-24-22-20-18-16-14-12-10-8-6-4-2/h37,40-41H,3-36,39H2,1-2H3. The van der Waals surface area contributed by atoms with E-state index in [2.05, 4.69) is 13.8 Å². The fraction of sp³-hybridized carbons (Fsp3) is 1.00. The number of unbranched alkanes of at least 4 members (excludes halogenated alkanes) is 30. The lowest BCUT2D eigenvalue weighted by molar-refractivity contribution is -0.102. The van der Waals surface area contributed by atoms with Crippen molar-refractivity contribution < 1.29 is 10.2 Å². The first-order valence-corrected chi connectivity index (χ1v) is 19.2. The van der Waals surface area contributed by atoms with Crippen LogP contribution in [0.25, 0.3) is 0 Å². The molecule has 0 fully saturated rings. The second-order valence-corrected chi connectivity index (χ2v) is 13.7. The normalized spacial score (nSPS) is 12.1. The van der Waals surface area contributed by atoms with E-state index < -0.39 is 11.8 Å². The van der Waals surface area contributed by atoms with E-state index in [4.69, 9.17) is 5.73 Å². The van der Waals surface area contributed by atoms with Crippen molar-refractivity contribution >= 4 is 0 Å². The molecule has 0 aliphatic carbocycles. The van der Waals surface area contributed by atoms with Gasteiger partial charge in [-0.25, -0.2) is 0 Å². The summed E-state index contributed by atoms with van der Waals surface area (Å²) in [6.07, 6.45) is 43.5. The molecule has 0 bridgehead atoms. The van der Waals surface area contributed by atoms with E-state index in [-0.39, 0.29) is 0 Å². The topological polar surface area (TPSA) is 66.5 Å². The van der Waals surface area contributed by atoms with Gasteiger partial charge in [-0.2, -0.15) is 0 Å². The molecule has 0 aromatic heterocycles. The Morgan fingerprint density at radius 1 is 0.341 bits per heavy atom. The summed E-state index contributed by atoms with van der Waals surface area (Å²) < 4.78 is 0. The van der Waals surface area contributed by atoms with Gasteiger partial charge in [0.2, 0.25) is 0 Å². The molecule has 0 aliphatic rings. The van der Waals surface area contributed by atoms with Crippen LogP contribution in [-0.2, 0) is 0 Å². The van der Waals surface area contributed by atoms with E-state index in [1.807, 2.05) is 0 Å². The molecule has 4 N–H and O–H groups in total. The van der Waals surface area contributed by atoms with Gasteiger partial charge < -0.3 is 15.9 Å². The maximum absolute atomic E-state index is 9.95. The molecule has 0 rings (SSSR count). The van der Waals surface area contributed by atoms with Crippen LogP contribution >= 0.6 is 0 Å². The molecule has 0 heterocycles. The average molecular weight is 582 g/mol. The lowest BCUT2D eigenvalue weighted by Crippen LogP contribution is -2.50. The molecule has 0 saturated carbocycles. The zero-order valence-corrected chi connectivity index (χ0v) is 28.6. The summed E-state index contributed by atoms with van der Waals surface area (Å²) in [5.74, 6) is 0. The van der Waals surface area contributed by atoms with E-state index >= 15 is 0 Å². The van der Waals surface area contributed by atoms with E-state index in [0.29, 0.717) is 0 Å². The fourth-order valence-corrected chi connectivity index (χ4v) is 6.39. The van der Waals surface area contributed by atoms with Crippen LogP contribution in [0.4, 0.5) is 0 Å². The largest absolute Gasteiger partial charge is 0.367 e. The number of hydrogen-bond acceptors (Lipinski definition) is 3. The molecule has 41 heavy (non-hydrogen) atoms. The summed E-state index contributed by atoms with van der Waals surface area (Å²) in [6.45, 7) is 4.58. The maximum atomic E-state index is 9.95. The van der Waals surface area contributed by atoms with Crippen LogP contribution in [0.3, 0.4) is 0 Å². The van der Waals surface area contributed by atoms with E-state index in [1.165, 1.54) is 193 Å². The number of nitrogens with two attached hydrogens (primary N) is 1. The van der Waals surface area contributed by atoms with Gasteiger partial charge in [-0.05, 0) is 12.8 Å². The van der Waals surface area contributed by atoms with E-state index in [0.717, 1.165) is 25.7 Å². The highest BCUT2D eigenvalue weighted by Gasteiger charge is 2.31. The van der Waals surface area contributed by atoms with Crippen LogP contribution in [0.1, 0.15) is 232 Å². The molecule has 0 amide bonds. The Bertz CT molecular complexity index is 445. The lowest BCUT2D eigenvalue weighted by atomic mass is 9.86. The summed E-state index contributed by atoms with van der Waals surface area (Å²) in [5.41, 5.74) is 5.65. The molecular formula is C38H79NO2. The van der Waals surface area contributed by atoms with Gasteiger partial charge >= 0.3 is 0 Å². The maximum Gasteiger partial charge on any atom is 0.169 e. The van der Waals surface area contributed by atoms with Gasteiger partial charge in [-0.3, -0.25) is 0 Å². The minimum Gasteiger partial charge on any atom is -0.367 e. The molecule has 3 nitrogen and oxygen atoms in total. The Kier molecular flexibility index (Phi) is 32.7. The highest BCUT2D eigenvalue weighted by atomic mass is 16.5. The summed E-state index contributed by atoms with van der Waals surface area (Å²) in [6, 6.07) is 0. The second kappa shape index (κ2) is 32.8. The predicted molar refractivity (Wildman–Crippen MR) is 183 cm³/mol. The Balaban J connectivity index is 3.50. The minimum atomic E-state index is -1.39. The van der Waals surface area contributed by atoms with Gasteiger partial charge in [0.25, 0.3) is 0 Å². The Morgan fingerprint density at radius 3 is 0.683 bits per heavy atom. The molecule has 0 aliphatic heterocycles. The molecule has 248 valence electrons. The van der Waals surface area contributed by atoms with Gasteiger partial charge in [0.1, 0.15) is 0 Å². The van der Waals surface area contributed by atoms with Crippen molar-refractivity contribution in [2.24, 2.45) is 5.73 Å². The third-order valence-corrected chi connectivity index (χ3v) is 9.51. The summed E-state index contributed by atoms with van der Waals surface area (Å²) in [7, 11) is 0.